The minimum Gasteiger partial charge on any atom is -0.480 e. The van der Waals surface area contributed by atoms with Crippen LogP contribution in [0.3, 0.4) is 0 Å². The Balaban J connectivity index is 3.61. The SMILES string of the molecule is C=CCN(CCCCCC)CC(=O)O. The van der Waals surface area contributed by atoms with Crippen molar-refractivity contribution < 1.29 is 9.90 Å². The molecule has 0 aliphatic heterocycles. The average molecular weight is 199 g/mol. The van der Waals surface area contributed by atoms with Gasteiger partial charge in [0.2, 0.25) is 0 Å². The molecule has 0 bridgehead atoms. The molecular weight excluding hydrogens is 178 g/mol. The fourth-order valence-corrected chi connectivity index (χ4v) is 1.37. The number of hydrogen-bond acceptors (Lipinski definition) is 2. The minimum absolute atomic E-state index is 0.123. The summed E-state index contributed by atoms with van der Waals surface area (Å²) in [6.45, 7) is 7.43. The Bertz CT molecular complexity index is 169. The van der Waals surface area contributed by atoms with Crippen molar-refractivity contribution in [2.24, 2.45) is 0 Å². The molecule has 0 aromatic rings. The first-order valence-corrected chi connectivity index (χ1v) is 5.25. The standard InChI is InChI=1S/C11H21NO2/c1-3-5-6-7-9-12(8-4-2)10-11(13)14/h4H,2-3,5-10H2,1H3,(H,13,14). The highest BCUT2D eigenvalue weighted by atomic mass is 16.4. The van der Waals surface area contributed by atoms with Gasteiger partial charge >= 0.3 is 5.97 Å². The maximum absolute atomic E-state index is 10.5. The third kappa shape index (κ3) is 7.80. The highest BCUT2D eigenvalue weighted by Crippen LogP contribution is 2.01. The molecule has 0 rings (SSSR count). The summed E-state index contributed by atoms with van der Waals surface area (Å²) < 4.78 is 0. The van der Waals surface area contributed by atoms with Crippen molar-refractivity contribution in [3.8, 4) is 0 Å². The topological polar surface area (TPSA) is 40.5 Å². The van der Waals surface area contributed by atoms with E-state index in [1.54, 1.807) is 6.08 Å². The number of carboxylic acid groups (broad SMARTS) is 1. The van der Waals surface area contributed by atoms with E-state index in [4.69, 9.17) is 5.11 Å². The molecule has 82 valence electrons. The first kappa shape index (κ1) is 13.2. The molecule has 0 amide bonds. The zero-order valence-corrected chi connectivity index (χ0v) is 9.04. The Kier molecular flexibility index (Phi) is 8.24. The lowest BCUT2D eigenvalue weighted by molar-refractivity contribution is -0.138. The second kappa shape index (κ2) is 8.75. The predicted octanol–water partition coefficient (Wildman–Crippen LogP) is 2.14. The zero-order valence-electron chi connectivity index (χ0n) is 9.04. The van der Waals surface area contributed by atoms with Gasteiger partial charge in [-0.25, -0.2) is 0 Å². The van der Waals surface area contributed by atoms with Crippen LogP contribution in [0.2, 0.25) is 0 Å². The van der Waals surface area contributed by atoms with E-state index in [1.807, 2.05) is 4.90 Å². The van der Waals surface area contributed by atoms with Crippen molar-refractivity contribution in [3.63, 3.8) is 0 Å². The molecule has 0 fully saturated rings. The third-order valence-electron chi connectivity index (χ3n) is 2.07. The summed E-state index contributed by atoms with van der Waals surface area (Å²) in [6, 6.07) is 0. The van der Waals surface area contributed by atoms with Crippen LogP contribution < -0.4 is 0 Å². The summed E-state index contributed by atoms with van der Waals surface area (Å²) in [5.74, 6) is -0.762. The van der Waals surface area contributed by atoms with E-state index < -0.39 is 5.97 Å². The number of carbonyl (C=O) groups is 1. The van der Waals surface area contributed by atoms with Gasteiger partial charge in [-0.05, 0) is 13.0 Å². The maximum atomic E-state index is 10.5. The second-order valence-corrected chi connectivity index (χ2v) is 3.48. The number of rotatable bonds is 9. The summed E-state index contributed by atoms with van der Waals surface area (Å²) in [5, 5.41) is 8.64. The molecular formula is C11H21NO2. The summed E-state index contributed by atoms with van der Waals surface area (Å²) >= 11 is 0. The number of hydrogen-bond donors (Lipinski definition) is 1. The van der Waals surface area contributed by atoms with Crippen molar-refractivity contribution in [1.82, 2.24) is 4.90 Å². The Morgan fingerprint density at radius 3 is 2.64 bits per heavy atom. The van der Waals surface area contributed by atoms with Crippen LogP contribution in [0.4, 0.5) is 0 Å². The quantitative estimate of drug-likeness (QED) is 0.457. The molecule has 0 aromatic heterocycles. The molecule has 3 nitrogen and oxygen atoms in total. The molecule has 0 spiro atoms. The van der Waals surface area contributed by atoms with Crippen molar-refractivity contribution in [3.05, 3.63) is 12.7 Å². The van der Waals surface area contributed by atoms with Gasteiger partial charge in [-0.2, -0.15) is 0 Å². The zero-order chi connectivity index (χ0) is 10.8. The van der Waals surface area contributed by atoms with Crippen LogP contribution >= 0.6 is 0 Å². The number of aliphatic carboxylic acids is 1. The van der Waals surface area contributed by atoms with Crippen molar-refractivity contribution >= 4 is 5.97 Å². The Morgan fingerprint density at radius 1 is 1.43 bits per heavy atom. The average Bonchev–Trinajstić information content (AvgIpc) is 2.12. The van der Waals surface area contributed by atoms with E-state index >= 15 is 0 Å². The van der Waals surface area contributed by atoms with Crippen LogP contribution in [0, 0.1) is 0 Å². The van der Waals surface area contributed by atoms with Gasteiger partial charge in [0.25, 0.3) is 0 Å². The molecule has 0 atom stereocenters. The first-order valence-electron chi connectivity index (χ1n) is 5.25. The first-order chi connectivity index (χ1) is 6.70. The number of nitrogens with zero attached hydrogens (tertiary/aromatic N) is 1. The number of unbranched alkanes of at least 4 members (excludes halogenated alkanes) is 3. The van der Waals surface area contributed by atoms with Gasteiger partial charge in [-0.3, -0.25) is 9.69 Å². The molecule has 0 radical (unpaired) electrons. The van der Waals surface area contributed by atoms with Crippen LogP contribution in [0.1, 0.15) is 32.6 Å². The minimum atomic E-state index is -0.762. The van der Waals surface area contributed by atoms with Crippen LogP contribution in [0.5, 0.6) is 0 Å². The maximum Gasteiger partial charge on any atom is 0.317 e. The molecule has 0 saturated carbocycles. The Hall–Kier alpha value is -0.830. The lowest BCUT2D eigenvalue weighted by Gasteiger charge is -2.17. The summed E-state index contributed by atoms with van der Waals surface area (Å²) in [7, 11) is 0. The summed E-state index contributed by atoms with van der Waals surface area (Å²) in [6.07, 6.45) is 6.46. The number of carboxylic acids is 1. The van der Waals surface area contributed by atoms with Gasteiger partial charge in [-0.15, -0.1) is 6.58 Å². The van der Waals surface area contributed by atoms with E-state index in [9.17, 15) is 4.79 Å². The van der Waals surface area contributed by atoms with Crippen molar-refractivity contribution in [2.75, 3.05) is 19.6 Å². The highest BCUT2D eigenvalue weighted by molar-refractivity contribution is 5.69. The fraction of sp³-hybridized carbons (Fsp3) is 0.727. The van der Waals surface area contributed by atoms with Gasteiger partial charge in [-0.1, -0.05) is 32.3 Å². The van der Waals surface area contributed by atoms with Crippen molar-refractivity contribution in [1.29, 1.82) is 0 Å². The van der Waals surface area contributed by atoms with E-state index in [-0.39, 0.29) is 6.54 Å². The smallest absolute Gasteiger partial charge is 0.317 e. The van der Waals surface area contributed by atoms with Gasteiger partial charge in [0.15, 0.2) is 0 Å². The second-order valence-electron chi connectivity index (χ2n) is 3.48. The lowest BCUT2D eigenvalue weighted by atomic mass is 10.2. The molecule has 0 aliphatic carbocycles. The molecule has 3 heteroatoms. The normalized spacial score (nSPS) is 10.4. The molecule has 0 unspecified atom stereocenters. The van der Waals surface area contributed by atoms with Crippen LogP contribution in [0.15, 0.2) is 12.7 Å². The van der Waals surface area contributed by atoms with Gasteiger partial charge in [0.05, 0.1) is 6.54 Å². The van der Waals surface area contributed by atoms with Crippen LogP contribution in [0.25, 0.3) is 0 Å². The molecule has 0 heterocycles. The lowest BCUT2D eigenvalue weighted by Crippen LogP contribution is -2.30. The van der Waals surface area contributed by atoms with Crippen molar-refractivity contribution in [2.45, 2.75) is 32.6 Å². The fourth-order valence-electron chi connectivity index (χ4n) is 1.37. The predicted molar refractivity (Wildman–Crippen MR) is 58.4 cm³/mol. The molecule has 0 aromatic carbocycles. The highest BCUT2D eigenvalue weighted by Gasteiger charge is 2.06. The van der Waals surface area contributed by atoms with Gasteiger partial charge < -0.3 is 5.11 Å². The van der Waals surface area contributed by atoms with E-state index in [2.05, 4.69) is 13.5 Å². The van der Waals surface area contributed by atoms with E-state index in [0.717, 1.165) is 13.0 Å². The molecule has 0 aliphatic rings. The Labute approximate surface area is 86.4 Å². The van der Waals surface area contributed by atoms with Crippen LogP contribution in [-0.4, -0.2) is 35.6 Å². The summed E-state index contributed by atoms with van der Waals surface area (Å²) in [5.41, 5.74) is 0. The van der Waals surface area contributed by atoms with E-state index in [0.29, 0.717) is 6.54 Å². The van der Waals surface area contributed by atoms with Gasteiger partial charge in [0, 0.05) is 6.54 Å². The van der Waals surface area contributed by atoms with E-state index in [1.165, 1.54) is 19.3 Å². The summed E-state index contributed by atoms with van der Waals surface area (Å²) in [4.78, 5) is 12.4. The largest absolute Gasteiger partial charge is 0.480 e. The molecule has 0 saturated heterocycles. The van der Waals surface area contributed by atoms with Gasteiger partial charge in [0.1, 0.15) is 0 Å². The molecule has 14 heavy (non-hydrogen) atoms. The van der Waals surface area contributed by atoms with Crippen LogP contribution in [-0.2, 0) is 4.79 Å². The monoisotopic (exact) mass is 199 g/mol. The Morgan fingerprint density at radius 2 is 2.14 bits per heavy atom. The third-order valence-corrected chi connectivity index (χ3v) is 2.07. The molecule has 1 N–H and O–H groups in total.